The fourth-order valence-electron chi connectivity index (χ4n) is 1.24. The van der Waals surface area contributed by atoms with E-state index >= 15 is 0 Å². The van der Waals surface area contributed by atoms with Gasteiger partial charge in [0.25, 0.3) is 0 Å². The Balaban J connectivity index is 2.38. The highest BCUT2D eigenvalue weighted by Gasteiger charge is 2.12. The van der Waals surface area contributed by atoms with Crippen LogP contribution in [0.2, 0.25) is 0 Å². The average molecular weight is 138 g/mol. The second-order valence-corrected chi connectivity index (χ2v) is 2.59. The highest BCUT2D eigenvalue weighted by atomic mass is 16.1. The first-order valence-corrected chi connectivity index (χ1v) is 3.76. The lowest BCUT2D eigenvalue weighted by Crippen LogP contribution is -2.34. The fraction of sp³-hybridized carbons (Fsp3) is 0.625. The number of carbonyl (C=O) groups is 1. The molecule has 1 saturated heterocycles. The Morgan fingerprint density at radius 1 is 1.30 bits per heavy atom. The molecule has 0 aliphatic carbocycles. The normalized spacial score (nSPS) is 18.6. The van der Waals surface area contributed by atoms with Gasteiger partial charge >= 0.3 is 0 Å². The molecule has 2 nitrogen and oxygen atoms in total. The van der Waals surface area contributed by atoms with E-state index in [-0.39, 0.29) is 5.91 Å². The Bertz CT molecular complexity index is 136. The maximum atomic E-state index is 11.0. The van der Waals surface area contributed by atoms with E-state index in [4.69, 9.17) is 0 Å². The summed E-state index contributed by atoms with van der Waals surface area (Å²) < 4.78 is 0. The fourth-order valence-corrected chi connectivity index (χ4v) is 1.24. The SMILES string of the molecule is C=C[11C](=O)N1CCCCC1. The van der Waals surface area contributed by atoms with E-state index in [1.165, 1.54) is 12.5 Å². The molecule has 1 heterocycles. The van der Waals surface area contributed by atoms with E-state index in [1.807, 2.05) is 4.90 Å². The van der Waals surface area contributed by atoms with Crippen LogP contribution in [-0.4, -0.2) is 23.9 Å². The topological polar surface area (TPSA) is 20.3 Å². The lowest BCUT2D eigenvalue weighted by atomic mass is 9.95. The second-order valence-electron chi connectivity index (χ2n) is 2.59. The average Bonchev–Trinajstić information content (AvgIpc) is 2.05. The van der Waals surface area contributed by atoms with Gasteiger partial charge in [0.15, 0.2) is 0 Å². The Morgan fingerprint density at radius 2 is 1.90 bits per heavy atom. The molecule has 10 heavy (non-hydrogen) atoms. The van der Waals surface area contributed by atoms with Crippen molar-refractivity contribution in [1.82, 2.24) is 4.90 Å². The minimum absolute atomic E-state index is 0.0831. The van der Waals surface area contributed by atoms with Gasteiger partial charge in [-0.3, -0.25) is 4.79 Å². The van der Waals surface area contributed by atoms with Gasteiger partial charge < -0.3 is 4.90 Å². The molecule has 0 radical (unpaired) electrons. The molecule has 0 unspecified atom stereocenters. The molecular formula is C8H13NO. The van der Waals surface area contributed by atoms with E-state index in [1.54, 1.807) is 0 Å². The second kappa shape index (κ2) is 3.40. The van der Waals surface area contributed by atoms with Gasteiger partial charge in [-0.05, 0) is 25.3 Å². The van der Waals surface area contributed by atoms with Crippen molar-refractivity contribution >= 4 is 5.91 Å². The maximum Gasteiger partial charge on any atom is 0.245 e. The number of likely N-dealkylation sites (tertiary alicyclic amines) is 1. The van der Waals surface area contributed by atoms with Crippen molar-refractivity contribution in [2.24, 2.45) is 0 Å². The first-order chi connectivity index (χ1) is 4.84. The molecule has 1 rings (SSSR count). The molecule has 0 aromatic rings. The van der Waals surface area contributed by atoms with Crippen molar-refractivity contribution in [3.8, 4) is 0 Å². The van der Waals surface area contributed by atoms with Crippen LogP contribution in [0.4, 0.5) is 0 Å². The van der Waals surface area contributed by atoms with Crippen LogP contribution < -0.4 is 0 Å². The minimum atomic E-state index is 0.0831. The third kappa shape index (κ3) is 1.59. The zero-order valence-corrected chi connectivity index (χ0v) is 6.18. The van der Waals surface area contributed by atoms with E-state index in [2.05, 4.69) is 6.58 Å². The van der Waals surface area contributed by atoms with Crippen LogP contribution in [0.3, 0.4) is 0 Å². The van der Waals surface area contributed by atoms with E-state index in [0.29, 0.717) is 0 Å². The molecule has 0 saturated carbocycles. The number of rotatable bonds is 1. The molecule has 0 spiro atoms. The van der Waals surface area contributed by atoms with Crippen LogP contribution in [0.25, 0.3) is 0 Å². The predicted molar refractivity (Wildman–Crippen MR) is 40.6 cm³/mol. The Hall–Kier alpha value is -0.790. The Labute approximate surface area is 61.5 Å². The summed E-state index contributed by atoms with van der Waals surface area (Å²) in [5, 5.41) is 0. The highest BCUT2D eigenvalue weighted by molar-refractivity contribution is 5.86. The summed E-state index contributed by atoms with van der Waals surface area (Å²) in [5.74, 6) is 0.0831. The molecule has 56 valence electrons. The summed E-state index contributed by atoms with van der Waals surface area (Å²) in [7, 11) is 0. The smallest absolute Gasteiger partial charge is 0.245 e. The lowest BCUT2D eigenvalue weighted by molar-refractivity contribution is -0.126. The van der Waals surface area contributed by atoms with E-state index < -0.39 is 0 Å². The molecular weight excluding hydrogens is 125 g/mol. The van der Waals surface area contributed by atoms with Crippen molar-refractivity contribution in [3.63, 3.8) is 0 Å². The van der Waals surface area contributed by atoms with Crippen molar-refractivity contribution in [2.75, 3.05) is 13.1 Å². The van der Waals surface area contributed by atoms with Gasteiger partial charge in [0.1, 0.15) is 0 Å². The van der Waals surface area contributed by atoms with Crippen LogP contribution in [0.15, 0.2) is 12.7 Å². The minimum Gasteiger partial charge on any atom is -0.339 e. The summed E-state index contributed by atoms with van der Waals surface area (Å²) in [6.07, 6.45) is 4.96. The summed E-state index contributed by atoms with van der Waals surface area (Å²) in [6, 6.07) is 0. The van der Waals surface area contributed by atoms with Gasteiger partial charge in [-0.25, -0.2) is 0 Å². The monoisotopic (exact) mass is 138 g/mol. The van der Waals surface area contributed by atoms with Crippen LogP contribution in [0.1, 0.15) is 19.3 Å². The molecule has 1 aliphatic heterocycles. The Kier molecular flexibility index (Phi) is 2.49. The van der Waals surface area contributed by atoms with Gasteiger partial charge in [0, 0.05) is 13.1 Å². The van der Waals surface area contributed by atoms with Crippen LogP contribution >= 0.6 is 0 Å². The summed E-state index contributed by atoms with van der Waals surface area (Å²) in [4.78, 5) is 12.8. The van der Waals surface area contributed by atoms with Crippen LogP contribution in [0.5, 0.6) is 0 Å². The van der Waals surface area contributed by atoms with Gasteiger partial charge in [-0.1, -0.05) is 6.58 Å². The van der Waals surface area contributed by atoms with E-state index in [0.717, 1.165) is 25.9 Å². The molecule has 0 bridgehead atoms. The molecule has 1 aliphatic rings. The van der Waals surface area contributed by atoms with Crippen LogP contribution in [0, 0.1) is 0 Å². The number of carbonyl (C=O) groups excluding carboxylic acids is 1. The number of piperidine rings is 1. The third-order valence-corrected chi connectivity index (χ3v) is 1.84. The lowest BCUT2D eigenvalue weighted by Gasteiger charge is -2.25. The third-order valence-electron chi connectivity index (χ3n) is 1.84. The number of nitrogens with zero attached hydrogens (tertiary/aromatic N) is 1. The largest absolute Gasteiger partial charge is 0.339 e. The molecule has 1 fully saturated rings. The number of hydrogen-bond acceptors (Lipinski definition) is 1. The van der Waals surface area contributed by atoms with Gasteiger partial charge in [0.05, 0.1) is 0 Å². The van der Waals surface area contributed by atoms with Gasteiger partial charge in [-0.2, -0.15) is 0 Å². The molecule has 0 N–H and O–H groups in total. The van der Waals surface area contributed by atoms with Crippen molar-refractivity contribution < 1.29 is 4.79 Å². The summed E-state index contributed by atoms with van der Waals surface area (Å²) >= 11 is 0. The molecule has 0 atom stereocenters. The molecule has 2 heteroatoms. The number of amides is 1. The molecule has 0 aromatic heterocycles. The first-order valence-electron chi connectivity index (χ1n) is 3.76. The first kappa shape index (κ1) is 7.32. The van der Waals surface area contributed by atoms with Crippen LogP contribution in [-0.2, 0) is 4.79 Å². The number of hydrogen-bond donors (Lipinski definition) is 0. The zero-order valence-electron chi connectivity index (χ0n) is 6.18. The standard InChI is InChI=1S/C8H13NO/c1-2-8(10)9-6-4-3-5-7-9/h2H,1,3-7H2/i8-1. The molecule has 1 amide bonds. The zero-order chi connectivity index (χ0) is 7.40. The van der Waals surface area contributed by atoms with Crippen molar-refractivity contribution in [1.29, 1.82) is 0 Å². The quantitative estimate of drug-likeness (QED) is 0.498. The van der Waals surface area contributed by atoms with Crippen molar-refractivity contribution in [3.05, 3.63) is 12.7 Å². The van der Waals surface area contributed by atoms with Gasteiger partial charge in [-0.15, -0.1) is 0 Å². The maximum absolute atomic E-state index is 11.0. The van der Waals surface area contributed by atoms with Gasteiger partial charge in [0.2, 0.25) is 5.91 Å². The highest BCUT2D eigenvalue weighted by Crippen LogP contribution is 2.08. The molecule has 0 aromatic carbocycles. The Morgan fingerprint density at radius 3 is 2.40 bits per heavy atom. The van der Waals surface area contributed by atoms with Crippen molar-refractivity contribution in [2.45, 2.75) is 19.3 Å². The summed E-state index contributed by atoms with van der Waals surface area (Å²) in [6.45, 7) is 5.29. The van der Waals surface area contributed by atoms with E-state index in [9.17, 15) is 4.79 Å². The predicted octanol–water partition coefficient (Wildman–Crippen LogP) is 1.18. The summed E-state index contributed by atoms with van der Waals surface area (Å²) in [5.41, 5.74) is 0.